The molecule has 5 nitrogen and oxygen atoms in total. The molecule has 0 bridgehead atoms. The predicted octanol–water partition coefficient (Wildman–Crippen LogP) is 0.891. The van der Waals surface area contributed by atoms with Crippen LogP contribution in [-0.4, -0.2) is 54.5 Å². The fourth-order valence-corrected chi connectivity index (χ4v) is 4.96. The summed E-state index contributed by atoms with van der Waals surface area (Å²) in [5, 5.41) is 8.62. The zero-order valence-electron chi connectivity index (χ0n) is 10.7. The van der Waals surface area contributed by atoms with Gasteiger partial charge in [0.2, 0.25) is 0 Å². The molecule has 2 aliphatic rings. The quantitative estimate of drug-likeness (QED) is 0.824. The molecule has 0 amide bonds. The van der Waals surface area contributed by atoms with Gasteiger partial charge < -0.3 is 5.11 Å². The van der Waals surface area contributed by atoms with E-state index < -0.39 is 15.8 Å². The van der Waals surface area contributed by atoms with Crippen LogP contribution in [0.2, 0.25) is 0 Å². The largest absolute Gasteiger partial charge is 0.481 e. The molecule has 1 N–H and O–H groups in total. The van der Waals surface area contributed by atoms with Crippen LogP contribution in [0.4, 0.5) is 0 Å². The van der Waals surface area contributed by atoms with Gasteiger partial charge in [-0.2, -0.15) is 0 Å². The minimum Gasteiger partial charge on any atom is -0.481 e. The van der Waals surface area contributed by atoms with Crippen molar-refractivity contribution >= 4 is 15.8 Å². The van der Waals surface area contributed by atoms with Gasteiger partial charge in [0, 0.05) is 18.3 Å². The lowest BCUT2D eigenvalue weighted by Crippen LogP contribution is -2.46. The van der Waals surface area contributed by atoms with Crippen LogP contribution in [0.5, 0.6) is 0 Å². The van der Waals surface area contributed by atoms with Crippen molar-refractivity contribution in [2.45, 2.75) is 55.9 Å². The van der Waals surface area contributed by atoms with Gasteiger partial charge in [-0.05, 0) is 32.2 Å². The topological polar surface area (TPSA) is 74.7 Å². The molecular weight excluding hydrogens is 254 g/mol. The highest BCUT2D eigenvalue weighted by atomic mass is 32.2. The molecule has 1 saturated carbocycles. The van der Waals surface area contributed by atoms with Crippen LogP contribution in [-0.2, 0) is 14.6 Å². The van der Waals surface area contributed by atoms with E-state index in [-0.39, 0.29) is 23.8 Å². The Hall–Kier alpha value is -0.620. The Morgan fingerprint density at radius 1 is 1.28 bits per heavy atom. The van der Waals surface area contributed by atoms with Gasteiger partial charge in [-0.25, -0.2) is 8.42 Å². The average Bonchev–Trinajstić information content (AvgIpc) is 2.81. The first-order chi connectivity index (χ1) is 8.39. The van der Waals surface area contributed by atoms with Crippen LogP contribution in [0.3, 0.4) is 0 Å². The molecule has 0 spiro atoms. The molecule has 3 atom stereocenters. The SMILES string of the molecule is CS(=O)(=O)C1CCCC1N1CCCC1CC(=O)O. The first-order valence-corrected chi connectivity index (χ1v) is 8.51. The van der Waals surface area contributed by atoms with Crippen LogP contribution >= 0.6 is 0 Å². The molecule has 104 valence electrons. The Morgan fingerprint density at radius 2 is 2.00 bits per heavy atom. The van der Waals surface area contributed by atoms with Crippen molar-refractivity contribution in [3.63, 3.8) is 0 Å². The number of carboxylic acid groups (broad SMARTS) is 1. The molecule has 0 radical (unpaired) electrons. The molecule has 0 aromatic rings. The summed E-state index contributed by atoms with van der Waals surface area (Å²) in [5.41, 5.74) is 0. The van der Waals surface area contributed by atoms with E-state index in [4.69, 9.17) is 5.11 Å². The van der Waals surface area contributed by atoms with E-state index in [1.807, 2.05) is 0 Å². The van der Waals surface area contributed by atoms with Crippen LogP contribution in [0.1, 0.15) is 38.5 Å². The second kappa shape index (κ2) is 5.17. The van der Waals surface area contributed by atoms with Crippen molar-refractivity contribution < 1.29 is 18.3 Å². The van der Waals surface area contributed by atoms with Gasteiger partial charge in [-0.15, -0.1) is 0 Å². The Balaban J connectivity index is 2.12. The van der Waals surface area contributed by atoms with Gasteiger partial charge in [-0.3, -0.25) is 9.69 Å². The highest BCUT2D eigenvalue weighted by Crippen LogP contribution is 2.34. The Bertz CT molecular complexity index is 420. The molecule has 1 saturated heterocycles. The Morgan fingerprint density at radius 3 is 2.61 bits per heavy atom. The van der Waals surface area contributed by atoms with Gasteiger partial charge in [0.1, 0.15) is 0 Å². The van der Waals surface area contributed by atoms with Gasteiger partial charge in [-0.1, -0.05) is 6.42 Å². The summed E-state index contributed by atoms with van der Waals surface area (Å²) in [6.45, 7) is 0.842. The highest BCUT2D eigenvalue weighted by molar-refractivity contribution is 7.91. The minimum absolute atomic E-state index is 0.0230. The van der Waals surface area contributed by atoms with Gasteiger partial charge in [0.25, 0.3) is 0 Å². The molecule has 0 aromatic carbocycles. The molecule has 2 fully saturated rings. The normalized spacial score (nSPS) is 33.9. The maximum atomic E-state index is 11.8. The number of nitrogens with zero attached hydrogens (tertiary/aromatic N) is 1. The van der Waals surface area contributed by atoms with E-state index in [0.717, 1.165) is 38.6 Å². The van der Waals surface area contributed by atoms with E-state index in [9.17, 15) is 13.2 Å². The van der Waals surface area contributed by atoms with Crippen LogP contribution in [0.15, 0.2) is 0 Å². The van der Waals surface area contributed by atoms with Crippen molar-refractivity contribution in [3.05, 3.63) is 0 Å². The zero-order valence-corrected chi connectivity index (χ0v) is 11.5. The van der Waals surface area contributed by atoms with Crippen molar-refractivity contribution in [3.8, 4) is 0 Å². The molecular formula is C12H21NO4S. The number of hydrogen-bond donors (Lipinski definition) is 1. The number of rotatable bonds is 4. The third-order valence-electron chi connectivity index (χ3n) is 4.23. The number of aliphatic carboxylic acids is 1. The molecule has 18 heavy (non-hydrogen) atoms. The van der Waals surface area contributed by atoms with Crippen LogP contribution in [0, 0.1) is 0 Å². The van der Waals surface area contributed by atoms with Crippen molar-refractivity contribution in [2.24, 2.45) is 0 Å². The smallest absolute Gasteiger partial charge is 0.304 e. The standard InChI is InChI=1S/C12H21NO4S/c1-18(16,17)11-6-2-5-10(11)13-7-3-4-9(13)8-12(14)15/h9-11H,2-8H2,1H3,(H,14,15). The summed E-state index contributed by atoms with van der Waals surface area (Å²) in [5.74, 6) is -0.791. The van der Waals surface area contributed by atoms with Crippen LogP contribution < -0.4 is 0 Å². The third-order valence-corrected chi connectivity index (χ3v) is 5.88. The minimum atomic E-state index is -3.03. The van der Waals surface area contributed by atoms with Gasteiger partial charge in [0.05, 0.1) is 11.7 Å². The predicted molar refractivity (Wildman–Crippen MR) is 68.3 cm³/mol. The molecule has 1 heterocycles. The molecule has 2 rings (SSSR count). The van der Waals surface area contributed by atoms with Crippen molar-refractivity contribution in [2.75, 3.05) is 12.8 Å². The first-order valence-electron chi connectivity index (χ1n) is 6.56. The summed E-state index contributed by atoms with van der Waals surface area (Å²) < 4.78 is 23.6. The summed E-state index contributed by atoms with van der Waals surface area (Å²) in [4.78, 5) is 13.0. The third kappa shape index (κ3) is 2.85. The fourth-order valence-electron chi connectivity index (χ4n) is 3.50. The number of hydrogen-bond acceptors (Lipinski definition) is 4. The van der Waals surface area contributed by atoms with Crippen molar-refractivity contribution in [1.82, 2.24) is 4.90 Å². The lowest BCUT2D eigenvalue weighted by atomic mass is 10.1. The summed E-state index contributed by atoms with van der Waals surface area (Å²) in [7, 11) is -3.03. The molecule has 1 aliphatic heterocycles. The van der Waals surface area contributed by atoms with Crippen LogP contribution in [0.25, 0.3) is 0 Å². The van der Waals surface area contributed by atoms with Gasteiger partial charge in [0.15, 0.2) is 9.84 Å². The monoisotopic (exact) mass is 275 g/mol. The zero-order chi connectivity index (χ0) is 13.3. The number of carboxylic acids is 1. The maximum absolute atomic E-state index is 11.8. The van der Waals surface area contributed by atoms with Gasteiger partial charge >= 0.3 is 5.97 Å². The lowest BCUT2D eigenvalue weighted by Gasteiger charge is -2.33. The molecule has 6 heteroatoms. The van der Waals surface area contributed by atoms with E-state index >= 15 is 0 Å². The summed E-state index contributed by atoms with van der Waals surface area (Å²) in [6, 6.07) is 0.0571. The number of likely N-dealkylation sites (tertiary alicyclic amines) is 1. The molecule has 1 aliphatic carbocycles. The second-order valence-corrected chi connectivity index (χ2v) is 7.76. The average molecular weight is 275 g/mol. The number of carbonyl (C=O) groups is 1. The maximum Gasteiger partial charge on any atom is 0.304 e. The summed E-state index contributed by atoms with van der Waals surface area (Å²) in [6.07, 6.45) is 5.82. The number of sulfone groups is 1. The van der Waals surface area contributed by atoms with E-state index in [1.165, 1.54) is 6.26 Å². The first kappa shape index (κ1) is 13.8. The molecule has 0 aromatic heterocycles. The summed E-state index contributed by atoms with van der Waals surface area (Å²) >= 11 is 0. The molecule has 3 unspecified atom stereocenters. The Labute approximate surface area is 108 Å². The van der Waals surface area contributed by atoms with Crippen molar-refractivity contribution in [1.29, 1.82) is 0 Å². The van der Waals surface area contributed by atoms with E-state index in [2.05, 4.69) is 4.90 Å². The Kier molecular flexibility index (Phi) is 3.96. The highest BCUT2D eigenvalue weighted by Gasteiger charge is 2.42. The fraction of sp³-hybridized carbons (Fsp3) is 0.917. The van der Waals surface area contributed by atoms with E-state index in [0.29, 0.717) is 0 Å². The second-order valence-electron chi connectivity index (χ2n) is 5.50. The van der Waals surface area contributed by atoms with E-state index in [1.54, 1.807) is 0 Å². The lowest BCUT2D eigenvalue weighted by molar-refractivity contribution is -0.138.